The first-order chi connectivity index (χ1) is 14.1. The zero-order valence-corrected chi connectivity index (χ0v) is 15.8. The Labute approximate surface area is 164 Å². The summed E-state index contributed by atoms with van der Waals surface area (Å²) in [5.41, 5.74) is 3.04. The number of H-pyrrole nitrogens is 1. The highest BCUT2D eigenvalue weighted by Gasteiger charge is 2.27. The minimum Gasteiger partial charge on any atom is -0.392 e. The van der Waals surface area contributed by atoms with Crippen LogP contribution in [0.2, 0.25) is 0 Å². The molecular weight excluding hydrogens is 372 g/mol. The number of nitrogens with zero attached hydrogens (tertiary/aromatic N) is 5. The van der Waals surface area contributed by atoms with Gasteiger partial charge in [-0.05, 0) is 38.0 Å². The van der Waals surface area contributed by atoms with Crippen LogP contribution in [-0.2, 0) is 11.2 Å². The highest BCUT2D eigenvalue weighted by atomic mass is 16.5. The van der Waals surface area contributed by atoms with Gasteiger partial charge in [0.2, 0.25) is 5.89 Å². The minimum atomic E-state index is -0.590. The second-order valence-electron chi connectivity index (χ2n) is 7.28. The highest BCUT2D eigenvalue weighted by Crippen LogP contribution is 2.34. The average molecular weight is 390 g/mol. The predicted molar refractivity (Wildman–Crippen MR) is 103 cm³/mol. The molecule has 1 fully saturated rings. The predicted octanol–water partition coefficient (Wildman–Crippen LogP) is 2.46. The number of aromatic amines is 1. The second kappa shape index (κ2) is 6.83. The van der Waals surface area contributed by atoms with E-state index in [-0.39, 0.29) is 24.5 Å². The first-order valence-electron chi connectivity index (χ1n) is 9.48. The van der Waals surface area contributed by atoms with Crippen molar-refractivity contribution >= 4 is 21.9 Å². The topological polar surface area (TPSA) is 123 Å². The van der Waals surface area contributed by atoms with Crippen molar-refractivity contribution in [2.45, 2.75) is 38.3 Å². The van der Waals surface area contributed by atoms with E-state index >= 15 is 0 Å². The minimum absolute atomic E-state index is 0.130. The molecule has 9 nitrogen and oxygen atoms in total. The largest absolute Gasteiger partial charge is 0.434 e. The Hall–Kier alpha value is -3.51. The van der Waals surface area contributed by atoms with Gasteiger partial charge in [0.25, 0.3) is 0 Å². The summed E-state index contributed by atoms with van der Waals surface area (Å²) in [7, 11) is 0. The maximum Gasteiger partial charge on any atom is 0.434 e. The van der Waals surface area contributed by atoms with Crippen molar-refractivity contribution in [3.63, 3.8) is 0 Å². The molecule has 0 radical (unpaired) electrons. The molecule has 4 heterocycles. The molecule has 146 valence electrons. The normalized spacial score (nSPS) is 19.6. The molecule has 0 saturated carbocycles. The molecule has 5 rings (SSSR count). The lowest BCUT2D eigenvalue weighted by molar-refractivity contribution is 0.00628. The first kappa shape index (κ1) is 17.6. The lowest BCUT2D eigenvalue weighted by Gasteiger charge is -2.30. The van der Waals surface area contributed by atoms with Crippen molar-refractivity contribution in [1.82, 2.24) is 24.7 Å². The van der Waals surface area contributed by atoms with Gasteiger partial charge in [0.15, 0.2) is 0 Å². The van der Waals surface area contributed by atoms with E-state index in [4.69, 9.17) is 14.1 Å². The Morgan fingerprint density at radius 3 is 3.03 bits per heavy atom. The summed E-state index contributed by atoms with van der Waals surface area (Å²) in [6, 6.07) is 7.83. The van der Waals surface area contributed by atoms with Gasteiger partial charge in [-0.2, -0.15) is 5.26 Å². The number of benzene rings is 1. The maximum absolute atomic E-state index is 11.4. The van der Waals surface area contributed by atoms with Crippen molar-refractivity contribution in [3.8, 4) is 6.07 Å². The SMILES string of the molecule is C[C@@H]1CC(n2c(Cc3n[nH]c(=O)o3)nc3cnc4ccc(C#N)cc4c32)CCO1. The van der Waals surface area contributed by atoms with Gasteiger partial charge < -0.3 is 13.7 Å². The molecule has 1 saturated heterocycles. The van der Waals surface area contributed by atoms with E-state index in [1.165, 1.54) is 0 Å². The van der Waals surface area contributed by atoms with E-state index in [2.05, 4.69) is 32.7 Å². The zero-order valence-electron chi connectivity index (χ0n) is 15.8. The van der Waals surface area contributed by atoms with Gasteiger partial charge >= 0.3 is 5.76 Å². The van der Waals surface area contributed by atoms with Crippen LogP contribution in [0.4, 0.5) is 0 Å². The molecule has 29 heavy (non-hydrogen) atoms. The molecule has 0 amide bonds. The Morgan fingerprint density at radius 1 is 1.38 bits per heavy atom. The van der Waals surface area contributed by atoms with E-state index in [0.29, 0.717) is 12.2 Å². The quantitative estimate of drug-likeness (QED) is 0.570. The van der Waals surface area contributed by atoms with Crippen LogP contribution in [0.15, 0.2) is 33.6 Å². The monoisotopic (exact) mass is 390 g/mol. The third-order valence-electron chi connectivity index (χ3n) is 5.33. The summed E-state index contributed by atoms with van der Waals surface area (Å²) in [4.78, 5) is 20.6. The Bertz CT molecular complexity index is 1310. The number of pyridine rings is 1. The molecule has 1 aliphatic heterocycles. The van der Waals surface area contributed by atoms with E-state index in [0.717, 1.165) is 40.6 Å². The fraction of sp³-hybridized carbons (Fsp3) is 0.350. The van der Waals surface area contributed by atoms with Crippen molar-refractivity contribution in [1.29, 1.82) is 5.26 Å². The number of nitriles is 1. The van der Waals surface area contributed by atoms with Crippen molar-refractivity contribution in [2.24, 2.45) is 0 Å². The first-order valence-corrected chi connectivity index (χ1v) is 9.48. The third kappa shape index (κ3) is 3.07. The average Bonchev–Trinajstić information content (AvgIpc) is 3.30. The number of nitrogens with one attached hydrogen (secondary N) is 1. The van der Waals surface area contributed by atoms with Crippen LogP contribution in [0, 0.1) is 11.3 Å². The molecule has 1 unspecified atom stereocenters. The molecule has 1 aromatic carbocycles. The molecule has 2 atom stereocenters. The lowest BCUT2D eigenvalue weighted by Crippen LogP contribution is -2.26. The summed E-state index contributed by atoms with van der Waals surface area (Å²) in [5, 5.41) is 16.5. The van der Waals surface area contributed by atoms with Crippen molar-refractivity contribution in [2.75, 3.05) is 6.61 Å². The number of ether oxygens (including phenoxy) is 1. The smallest absolute Gasteiger partial charge is 0.392 e. The number of imidazole rings is 1. The van der Waals surface area contributed by atoms with Crippen LogP contribution >= 0.6 is 0 Å². The van der Waals surface area contributed by atoms with Gasteiger partial charge in [-0.15, -0.1) is 5.10 Å². The van der Waals surface area contributed by atoms with Gasteiger partial charge in [0.05, 0.1) is 41.4 Å². The summed E-state index contributed by atoms with van der Waals surface area (Å²) in [6.07, 6.45) is 3.83. The number of hydrogen-bond acceptors (Lipinski definition) is 7. The standard InChI is InChI=1S/C20H18N6O3/c1-11-6-13(4-5-28-11)26-17(8-18-24-25-20(27)29-18)23-16-10-22-15-3-2-12(9-21)7-14(15)19(16)26/h2-3,7,10-11,13H,4-6,8H2,1H3,(H,25,27)/t11-,13?/m1/s1. The Balaban J connectivity index is 1.76. The fourth-order valence-electron chi connectivity index (χ4n) is 4.09. The van der Waals surface area contributed by atoms with E-state index in [1.807, 2.05) is 12.1 Å². The molecule has 4 aromatic rings. The number of fused-ring (bicyclic) bond motifs is 3. The van der Waals surface area contributed by atoms with E-state index < -0.39 is 5.76 Å². The number of aromatic nitrogens is 5. The lowest BCUT2D eigenvalue weighted by atomic mass is 10.0. The van der Waals surface area contributed by atoms with Gasteiger partial charge in [-0.3, -0.25) is 4.98 Å². The second-order valence-corrected chi connectivity index (χ2v) is 7.28. The summed E-state index contributed by atoms with van der Waals surface area (Å²) in [5.74, 6) is 0.431. The Morgan fingerprint density at radius 2 is 2.28 bits per heavy atom. The Kier molecular flexibility index (Phi) is 4.14. The van der Waals surface area contributed by atoms with Crippen LogP contribution < -0.4 is 5.76 Å². The molecule has 9 heteroatoms. The van der Waals surface area contributed by atoms with Crippen LogP contribution in [0.25, 0.3) is 21.9 Å². The molecule has 1 aliphatic rings. The van der Waals surface area contributed by atoms with Crippen LogP contribution in [-0.4, -0.2) is 37.4 Å². The van der Waals surface area contributed by atoms with Crippen LogP contribution in [0.5, 0.6) is 0 Å². The summed E-state index contributed by atoms with van der Waals surface area (Å²) >= 11 is 0. The third-order valence-corrected chi connectivity index (χ3v) is 5.33. The summed E-state index contributed by atoms with van der Waals surface area (Å²) in [6.45, 7) is 2.72. The van der Waals surface area contributed by atoms with Gasteiger partial charge in [-0.25, -0.2) is 14.9 Å². The van der Waals surface area contributed by atoms with Gasteiger partial charge in [-0.1, -0.05) is 0 Å². The number of hydrogen-bond donors (Lipinski definition) is 1. The van der Waals surface area contributed by atoms with Gasteiger partial charge in [0, 0.05) is 18.0 Å². The maximum atomic E-state index is 11.4. The summed E-state index contributed by atoms with van der Waals surface area (Å²) < 4.78 is 13.0. The van der Waals surface area contributed by atoms with Crippen molar-refractivity contribution < 1.29 is 9.15 Å². The van der Waals surface area contributed by atoms with Crippen LogP contribution in [0.3, 0.4) is 0 Å². The molecule has 1 N–H and O–H groups in total. The molecule has 0 aliphatic carbocycles. The fourth-order valence-corrected chi connectivity index (χ4v) is 4.09. The molecular formula is C20H18N6O3. The zero-order chi connectivity index (χ0) is 20.0. The highest BCUT2D eigenvalue weighted by molar-refractivity contribution is 6.02. The molecule has 0 bridgehead atoms. The van der Waals surface area contributed by atoms with Crippen LogP contribution in [0.1, 0.15) is 43.1 Å². The molecule has 3 aromatic heterocycles. The molecule has 0 spiro atoms. The van der Waals surface area contributed by atoms with E-state index in [9.17, 15) is 10.1 Å². The number of rotatable bonds is 3. The van der Waals surface area contributed by atoms with E-state index in [1.54, 1.807) is 12.3 Å². The van der Waals surface area contributed by atoms with Gasteiger partial charge in [0.1, 0.15) is 11.3 Å². The van der Waals surface area contributed by atoms with Crippen molar-refractivity contribution in [3.05, 3.63) is 52.2 Å².